The smallest absolute Gasteiger partial charge is 0.305 e. The largest absolute Gasteiger partial charge is 2.00 e. The molecule has 11 N–H and O–H groups in total. The number of aliphatic carboxylic acids is 6. The van der Waals surface area contributed by atoms with E-state index in [0.29, 0.717) is 0 Å². The fourth-order valence-electron chi connectivity index (χ4n) is 2.65. The van der Waals surface area contributed by atoms with Crippen molar-refractivity contribution in [3.63, 3.8) is 0 Å². The molecule has 0 amide bonds. The number of nitrogens with two attached hydrogens (primary N) is 1. The standard InChI is InChI=1S/C13H22O9.C12H21NO9.2H2O.O.W/c14-11(15)1-4-20-7-10(8-21-5-2-12(16)17)9-22-6-3-13(18)19;13-12(22-6-3-11(18)19,7-20-4-1-9(14)15)8-21-5-2-10(16)17;;;;/h10H,1-9H2,(H,14,15)(H,16,17)(H,18,19);1-8,13H2,(H,14,15)(H,16,17)(H,18,19);2*1H2;;/q;;;;-2;/p-1. The molecule has 0 aromatic heterocycles. The van der Waals surface area contributed by atoms with E-state index in [2.05, 4.69) is 0 Å². The van der Waals surface area contributed by atoms with Crippen molar-refractivity contribution in [2.24, 2.45) is 11.7 Å². The molecule has 0 radical (unpaired) electrons. The van der Waals surface area contributed by atoms with Crippen molar-refractivity contribution in [2.75, 3.05) is 72.7 Å². The molecular formula is C25H46NO21W-3. The van der Waals surface area contributed by atoms with Crippen LogP contribution < -0.4 is 5.73 Å². The van der Waals surface area contributed by atoms with Gasteiger partial charge >= 0.3 is 35.8 Å². The molecule has 0 unspecified atom stereocenters. The van der Waals surface area contributed by atoms with Crippen molar-refractivity contribution in [2.45, 2.75) is 44.2 Å². The van der Waals surface area contributed by atoms with E-state index in [-0.39, 0.29) is 155 Å². The van der Waals surface area contributed by atoms with Crippen molar-refractivity contribution < 1.29 is 125 Å². The quantitative estimate of drug-likeness (QED) is 0.0318. The Balaban J connectivity index is -0.000000170. The Kier molecular flexibility index (Phi) is 44.2. The third kappa shape index (κ3) is 45.2. The van der Waals surface area contributed by atoms with Crippen LogP contribution in [0.15, 0.2) is 0 Å². The molecule has 0 rings (SSSR count). The molecule has 48 heavy (non-hydrogen) atoms. The topological polar surface area (TPSA) is 395 Å². The van der Waals surface area contributed by atoms with Gasteiger partial charge in [-0.1, -0.05) is 0 Å². The molecule has 0 saturated carbocycles. The first-order valence-electron chi connectivity index (χ1n) is 13.3. The zero-order valence-electron chi connectivity index (χ0n) is 26.0. The van der Waals surface area contributed by atoms with Gasteiger partial charge in [-0.15, -0.1) is 0 Å². The fourth-order valence-corrected chi connectivity index (χ4v) is 2.65. The van der Waals surface area contributed by atoms with Gasteiger partial charge in [0, 0.05) is 27.0 Å². The Labute approximate surface area is 289 Å². The number of rotatable bonds is 29. The van der Waals surface area contributed by atoms with Crippen LogP contribution in [0.1, 0.15) is 38.5 Å². The molecule has 0 saturated heterocycles. The molecule has 0 aliphatic heterocycles. The van der Waals surface area contributed by atoms with Gasteiger partial charge in [0.25, 0.3) is 0 Å². The van der Waals surface area contributed by atoms with E-state index in [1.165, 1.54) is 0 Å². The summed E-state index contributed by atoms with van der Waals surface area (Å²) in [5.41, 5.74) is 4.38. The van der Waals surface area contributed by atoms with Gasteiger partial charge in [0.1, 0.15) is 0 Å². The Hall–Kier alpha value is -2.89. The van der Waals surface area contributed by atoms with Crippen LogP contribution in [0.4, 0.5) is 0 Å². The average molecular weight is 880 g/mol. The van der Waals surface area contributed by atoms with Gasteiger partial charge in [-0.25, -0.2) is 0 Å². The summed E-state index contributed by atoms with van der Waals surface area (Å²) in [6.07, 6.45) is -1.06. The summed E-state index contributed by atoms with van der Waals surface area (Å²) >= 11 is 0. The minimum absolute atomic E-state index is 0. The van der Waals surface area contributed by atoms with E-state index < -0.39 is 41.5 Å². The van der Waals surface area contributed by atoms with E-state index >= 15 is 0 Å². The van der Waals surface area contributed by atoms with Gasteiger partial charge in [-0.3, -0.25) is 34.5 Å². The molecule has 0 aromatic rings. The first-order chi connectivity index (χ1) is 20.7. The van der Waals surface area contributed by atoms with Crippen molar-refractivity contribution in [1.29, 1.82) is 0 Å². The molecular weight excluding hydrogens is 834 g/mol. The van der Waals surface area contributed by atoms with E-state index in [1.807, 2.05) is 0 Å². The van der Waals surface area contributed by atoms with Gasteiger partial charge in [-0.2, -0.15) is 0 Å². The van der Waals surface area contributed by atoms with Crippen molar-refractivity contribution in [1.82, 2.24) is 0 Å². The normalized spacial score (nSPS) is 10.1. The molecule has 0 fully saturated rings. The minimum Gasteiger partial charge on any atom is -2.00 e. The number of carbonyl (C=O) groups is 6. The van der Waals surface area contributed by atoms with Crippen molar-refractivity contribution in [3.8, 4) is 0 Å². The Bertz CT molecular complexity index is 787. The SMILES string of the molecule is NC(COCCC(=O)O)(COCCC(=O)O)OCCC(=O)O.O.O=C(O)CCOCC(COCCC(=O)O)COCCC(=O)O.[O-2].[OH-].[W]. The van der Waals surface area contributed by atoms with Gasteiger partial charge in [0.15, 0.2) is 5.72 Å². The van der Waals surface area contributed by atoms with E-state index in [9.17, 15) is 28.8 Å². The second kappa shape index (κ2) is 36.9. The number of carboxylic acids is 6. The van der Waals surface area contributed by atoms with E-state index in [0.717, 1.165) is 0 Å². The average Bonchev–Trinajstić information content (AvgIpc) is 2.91. The second-order valence-electron chi connectivity index (χ2n) is 8.97. The summed E-state index contributed by atoms with van der Waals surface area (Å²) in [5.74, 6) is -6.26. The van der Waals surface area contributed by atoms with Crippen LogP contribution in [0.5, 0.6) is 0 Å². The summed E-state index contributed by atoms with van der Waals surface area (Å²) in [6, 6.07) is 0. The molecule has 0 aliphatic carbocycles. The number of carboxylic acid groups (broad SMARTS) is 6. The zero-order valence-corrected chi connectivity index (χ0v) is 29.0. The third-order valence-electron chi connectivity index (χ3n) is 4.76. The summed E-state index contributed by atoms with van der Waals surface area (Å²) in [5, 5.41) is 51.0. The Morgan fingerprint density at radius 3 is 0.979 bits per heavy atom. The van der Waals surface area contributed by atoms with Gasteiger partial charge < -0.3 is 75.5 Å². The molecule has 0 bridgehead atoms. The van der Waals surface area contributed by atoms with Crippen LogP contribution in [-0.4, -0.2) is 156 Å². The maximum absolute atomic E-state index is 10.4. The van der Waals surface area contributed by atoms with Crippen molar-refractivity contribution >= 4 is 35.8 Å². The number of ether oxygens (including phenoxy) is 6. The first kappa shape index (κ1) is 57.4. The Morgan fingerprint density at radius 1 is 0.500 bits per heavy atom. The van der Waals surface area contributed by atoms with E-state index in [1.54, 1.807) is 0 Å². The van der Waals surface area contributed by atoms with Crippen LogP contribution in [0.3, 0.4) is 0 Å². The summed E-state index contributed by atoms with van der Waals surface area (Å²) in [4.78, 5) is 62.2. The molecule has 0 aliphatic rings. The second-order valence-corrected chi connectivity index (χ2v) is 8.97. The van der Waals surface area contributed by atoms with Crippen LogP contribution >= 0.6 is 0 Å². The molecule has 286 valence electrons. The molecule has 23 heteroatoms. The molecule has 0 heterocycles. The predicted octanol–water partition coefficient (Wildman–Crippen LogP) is -1.93. The minimum atomic E-state index is -1.48. The maximum atomic E-state index is 10.4. The van der Waals surface area contributed by atoms with Crippen LogP contribution in [-0.2, 0) is 83.7 Å². The summed E-state index contributed by atoms with van der Waals surface area (Å²) < 4.78 is 30.9. The van der Waals surface area contributed by atoms with Crippen LogP contribution in [0.25, 0.3) is 0 Å². The summed E-state index contributed by atoms with van der Waals surface area (Å²) in [6.45, 7) is -0.0791. The van der Waals surface area contributed by atoms with Gasteiger partial charge in [-0.05, 0) is 0 Å². The Morgan fingerprint density at radius 2 is 0.729 bits per heavy atom. The molecule has 22 nitrogen and oxygen atoms in total. The van der Waals surface area contributed by atoms with Crippen LogP contribution in [0, 0.1) is 5.92 Å². The molecule has 0 aromatic carbocycles. The van der Waals surface area contributed by atoms with E-state index in [4.69, 9.17) is 64.8 Å². The van der Waals surface area contributed by atoms with Crippen molar-refractivity contribution in [3.05, 3.63) is 0 Å². The monoisotopic (exact) mass is 880 g/mol. The summed E-state index contributed by atoms with van der Waals surface area (Å²) in [7, 11) is 0. The van der Waals surface area contributed by atoms with Gasteiger partial charge in [0.2, 0.25) is 0 Å². The number of hydrogen-bond donors (Lipinski definition) is 7. The predicted molar refractivity (Wildman–Crippen MR) is 150 cm³/mol. The number of hydrogen-bond acceptors (Lipinski definition) is 14. The maximum Gasteiger partial charge on any atom is 0.305 e. The first-order valence-corrected chi connectivity index (χ1v) is 13.3. The zero-order chi connectivity index (χ0) is 33.8. The third-order valence-corrected chi connectivity index (χ3v) is 4.76. The molecule has 0 atom stereocenters. The molecule has 0 spiro atoms. The fraction of sp³-hybridized carbons (Fsp3) is 0.760. The van der Waals surface area contributed by atoms with Gasteiger partial charge in [0.05, 0.1) is 111 Å². The van der Waals surface area contributed by atoms with Crippen LogP contribution in [0.2, 0.25) is 0 Å².